The van der Waals surface area contributed by atoms with Crippen molar-refractivity contribution in [3.63, 3.8) is 0 Å². The zero-order chi connectivity index (χ0) is 19.6. The Labute approximate surface area is 150 Å². The Morgan fingerprint density at radius 2 is 2.08 bits per heavy atom. The molecule has 0 aliphatic heterocycles. The topological polar surface area (TPSA) is 124 Å². The fourth-order valence-electron chi connectivity index (χ4n) is 3.78. The molecular weight excluding hydrogens is 342 g/mol. The van der Waals surface area contributed by atoms with Gasteiger partial charge in [0.25, 0.3) is 5.69 Å². The van der Waals surface area contributed by atoms with Gasteiger partial charge in [0.15, 0.2) is 5.78 Å². The molecule has 1 fully saturated rings. The summed E-state index contributed by atoms with van der Waals surface area (Å²) in [5.41, 5.74) is -1.63. The summed E-state index contributed by atoms with van der Waals surface area (Å²) in [6.07, 6.45) is -0.369. The molecule has 0 spiro atoms. The van der Waals surface area contributed by atoms with Gasteiger partial charge < -0.3 is 9.84 Å². The van der Waals surface area contributed by atoms with Crippen molar-refractivity contribution in [2.45, 2.75) is 38.7 Å². The van der Waals surface area contributed by atoms with Gasteiger partial charge in [-0.25, -0.2) is 0 Å². The average molecular weight is 363 g/mol. The molecule has 0 radical (unpaired) electrons. The van der Waals surface area contributed by atoms with Crippen molar-refractivity contribution in [3.8, 4) is 0 Å². The van der Waals surface area contributed by atoms with Crippen LogP contribution in [0.2, 0.25) is 0 Å². The predicted octanol–water partition coefficient (Wildman–Crippen LogP) is 1.79. The van der Waals surface area contributed by atoms with E-state index < -0.39 is 45.8 Å². The molecule has 1 aliphatic carbocycles. The van der Waals surface area contributed by atoms with Crippen molar-refractivity contribution >= 4 is 23.2 Å². The van der Waals surface area contributed by atoms with Gasteiger partial charge in [-0.2, -0.15) is 0 Å². The SMILES string of the molecule is CCOC(=O)C1C(=O)CC(C)(O)C(C(C)=O)C1c1cccc([N+](=O)[O-])c1. The maximum atomic E-state index is 12.6. The highest BCUT2D eigenvalue weighted by Gasteiger charge is 2.55. The highest BCUT2D eigenvalue weighted by Crippen LogP contribution is 2.46. The van der Waals surface area contributed by atoms with E-state index in [2.05, 4.69) is 0 Å². The standard InChI is InChI=1S/C18H21NO7/c1-4-26-17(22)15-13(21)9-18(3,23)16(10(2)20)14(15)11-6-5-7-12(8-11)19(24)25/h5-8,14-16,23H,4,9H2,1-3H3. The molecule has 0 amide bonds. The van der Waals surface area contributed by atoms with Crippen LogP contribution < -0.4 is 0 Å². The second kappa shape index (κ2) is 7.33. The number of esters is 1. The largest absolute Gasteiger partial charge is 0.465 e. The van der Waals surface area contributed by atoms with Gasteiger partial charge in [0, 0.05) is 24.5 Å². The van der Waals surface area contributed by atoms with E-state index in [0.717, 1.165) is 0 Å². The number of ketones is 2. The molecule has 26 heavy (non-hydrogen) atoms. The number of carbonyl (C=O) groups is 3. The van der Waals surface area contributed by atoms with Gasteiger partial charge in [-0.05, 0) is 26.3 Å². The number of Topliss-reactive ketones (excluding diaryl/α,β-unsaturated/α-hetero) is 2. The van der Waals surface area contributed by atoms with Gasteiger partial charge >= 0.3 is 5.97 Å². The van der Waals surface area contributed by atoms with Crippen molar-refractivity contribution < 1.29 is 29.2 Å². The maximum Gasteiger partial charge on any atom is 0.317 e. The molecule has 1 N–H and O–H groups in total. The van der Waals surface area contributed by atoms with Crippen LogP contribution in [0.25, 0.3) is 0 Å². The fourth-order valence-corrected chi connectivity index (χ4v) is 3.78. The second-order valence-electron chi connectivity index (χ2n) is 6.70. The number of carbonyl (C=O) groups excluding carboxylic acids is 3. The summed E-state index contributed by atoms with van der Waals surface area (Å²) in [4.78, 5) is 47.8. The number of rotatable bonds is 5. The van der Waals surface area contributed by atoms with Crippen molar-refractivity contribution in [1.82, 2.24) is 0 Å². The van der Waals surface area contributed by atoms with Crippen LogP contribution in [-0.4, -0.2) is 39.8 Å². The number of nitrogens with zero attached hydrogens (tertiary/aromatic N) is 1. The van der Waals surface area contributed by atoms with E-state index in [1.54, 1.807) is 6.92 Å². The Morgan fingerprint density at radius 3 is 2.62 bits per heavy atom. The lowest BCUT2D eigenvalue weighted by molar-refractivity contribution is -0.385. The number of nitro benzene ring substituents is 1. The first-order valence-corrected chi connectivity index (χ1v) is 8.26. The first kappa shape index (κ1) is 19.7. The molecule has 0 aromatic heterocycles. The number of hydrogen-bond donors (Lipinski definition) is 1. The number of hydrogen-bond acceptors (Lipinski definition) is 7. The summed E-state index contributed by atoms with van der Waals surface area (Å²) in [6, 6.07) is 5.42. The Balaban J connectivity index is 2.65. The molecule has 0 saturated heterocycles. The van der Waals surface area contributed by atoms with Crippen LogP contribution in [0.5, 0.6) is 0 Å². The van der Waals surface area contributed by atoms with E-state index in [-0.39, 0.29) is 24.3 Å². The molecule has 140 valence electrons. The minimum atomic E-state index is -1.67. The fraction of sp³-hybridized carbons (Fsp3) is 0.500. The summed E-state index contributed by atoms with van der Waals surface area (Å²) in [5.74, 6) is -5.17. The van der Waals surface area contributed by atoms with Gasteiger partial charge in [-0.15, -0.1) is 0 Å². The average Bonchev–Trinajstić information content (AvgIpc) is 2.52. The third-order valence-electron chi connectivity index (χ3n) is 4.71. The molecular formula is C18H21NO7. The monoisotopic (exact) mass is 363 g/mol. The van der Waals surface area contributed by atoms with E-state index >= 15 is 0 Å². The molecule has 8 heteroatoms. The van der Waals surface area contributed by atoms with Crippen LogP contribution in [0.3, 0.4) is 0 Å². The van der Waals surface area contributed by atoms with E-state index in [9.17, 15) is 29.6 Å². The molecule has 0 heterocycles. The van der Waals surface area contributed by atoms with E-state index in [4.69, 9.17) is 4.74 Å². The van der Waals surface area contributed by atoms with E-state index in [0.29, 0.717) is 0 Å². The summed E-state index contributed by atoms with van der Waals surface area (Å²) in [7, 11) is 0. The zero-order valence-corrected chi connectivity index (χ0v) is 14.8. The normalized spacial score (nSPS) is 28.5. The van der Waals surface area contributed by atoms with Crippen LogP contribution in [0.1, 0.15) is 38.7 Å². The highest BCUT2D eigenvalue weighted by molar-refractivity contribution is 6.03. The number of ether oxygens (including phenoxy) is 1. The smallest absolute Gasteiger partial charge is 0.317 e. The lowest BCUT2D eigenvalue weighted by atomic mass is 9.60. The van der Waals surface area contributed by atoms with Crippen LogP contribution in [0.15, 0.2) is 24.3 Å². The van der Waals surface area contributed by atoms with Gasteiger partial charge in [-0.1, -0.05) is 12.1 Å². The molecule has 0 bridgehead atoms. The van der Waals surface area contributed by atoms with E-state index in [1.807, 2.05) is 0 Å². The number of aliphatic hydroxyl groups is 1. The van der Waals surface area contributed by atoms with Gasteiger partial charge in [0.05, 0.1) is 23.0 Å². The summed E-state index contributed by atoms with van der Waals surface area (Å²) in [6.45, 7) is 4.27. The van der Waals surface area contributed by atoms with Crippen LogP contribution >= 0.6 is 0 Å². The van der Waals surface area contributed by atoms with Crippen LogP contribution in [-0.2, 0) is 19.1 Å². The second-order valence-corrected chi connectivity index (χ2v) is 6.70. The van der Waals surface area contributed by atoms with Crippen LogP contribution in [0, 0.1) is 22.0 Å². The lowest BCUT2D eigenvalue weighted by Crippen LogP contribution is -2.54. The Kier molecular flexibility index (Phi) is 5.56. The van der Waals surface area contributed by atoms with Crippen LogP contribution in [0.4, 0.5) is 5.69 Å². The first-order valence-electron chi connectivity index (χ1n) is 8.26. The Bertz CT molecular complexity index is 756. The minimum absolute atomic E-state index is 0.0470. The molecule has 1 aliphatic rings. The van der Waals surface area contributed by atoms with Gasteiger partial charge in [0.1, 0.15) is 11.7 Å². The van der Waals surface area contributed by atoms with Crippen molar-refractivity contribution in [1.29, 1.82) is 0 Å². The third-order valence-corrected chi connectivity index (χ3v) is 4.71. The third kappa shape index (κ3) is 3.65. The lowest BCUT2D eigenvalue weighted by Gasteiger charge is -2.43. The summed E-state index contributed by atoms with van der Waals surface area (Å²) >= 11 is 0. The van der Waals surface area contributed by atoms with Crippen molar-refractivity contribution in [2.75, 3.05) is 6.61 Å². The number of non-ortho nitro benzene ring substituents is 1. The summed E-state index contributed by atoms with van der Waals surface area (Å²) in [5, 5.41) is 21.8. The number of nitro groups is 1. The molecule has 2 rings (SSSR count). The minimum Gasteiger partial charge on any atom is -0.465 e. The zero-order valence-electron chi connectivity index (χ0n) is 14.8. The van der Waals surface area contributed by atoms with Gasteiger partial charge in [-0.3, -0.25) is 24.5 Å². The molecule has 8 nitrogen and oxygen atoms in total. The quantitative estimate of drug-likeness (QED) is 0.366. The molecule has 4 unspecified atom stereocenters. The molecule has 1 aromatic rings. The van der Waals surface area contributed by atoms with Gasteiger partial charge in [0.2, 0.25) is 0 Å². The highest BCUT2D eigenvalue weighted by atomic mass is 16.6. The maximum absolute atomic E-state index is 12.6. The summed E-state index contributed by atoms with van der Waals surface area (Å²) < 4.78 is 4.99. The predicted molar refractivity (Wildman–Crippen MR) is 90.4 cm³/mol. The Morgan fingerprint density at radius 1 is 1.42 bits per heavy atom. The molecule has 1 aromatic carbocycles. The molecule has 1 saturated carbocycles. The number of benzene rings is 1. The van der Waals surface area contributed by atoms with Crippen molar-refractivity contribution in [3.05, 3.63) is 39.9 Å². The first-order chi connectivity index (χ1) is 12.1. The molecule has 4 atom stereocenters. The Hall–Kier alpha value is -2.61. The van der Waals surface area contributed by atoms with E-state index in [1.165, 1.54) is 38.1 Å². The van der Waals surface area contributed by atoms with Crippen molar-refractivity contribution in [2.24, 2.45) is 11.8 Å².